The van der Waals surface area contributed by atoms with E-state index in [0.29, 0.717) is 0 Å². The number of non-ortho nitro benzene ring substituents is 1. The third-order valence-corrected chi connectivity index (χ3v) is 3.21. The number of rotatable bonds is 1. The van der Waals surface area contributed by atoms with E-state index >= 15 is 0 Å². The first-order valence-corrected chi connectivity index (χ1v) is 5.35. The van der Waals surface area contributed by atoms with Crippen molar-refractivity contribution in [3.63, 3.8) is 0 Å². The molecule has 4 nitrogen and oxygen atoms in total. The van der Waals surface area contributed by atoms with Gasteiger partial charge in [-0.25, -0.2) is 0 Å². The van der Waals surface area contributed by atoms with Gasteiger partial charge in [-0.2, -0.15) is 0 Å². The Kier molecular flexibility index (Phi) is 1.99. The van der Waals surface area contributed by atoms with Gasteiger partial charge in [-0.3, -0.25) is 0 Å². The van der Waals surface area contributed by atoms with E-state index < -0.39 is 0 Å². The molecule has 1 N–H and O–H groups in total. The fourth-order valence-corrected chi connectivity index (χ4v) is 2.45. The summed E-state index contributed by atoms with van der Waals surface area (Å²) >= 11 is 0.884. The van der Waals surface area contributed by atoms with Gasteiger partial charge >= 0.3 is 87.1 Å². The van der Waals surface area contributed by atoms with Gasteiger partial charge in [-0.15, -0.1) is 0 Å². The van der Waals surface area contributed by atoms with Crippen molar-refractivity contribution >= 4 is 42.7 Å². The molecule has 1 heterocycles. The van der Waals surface area contributed by atoms with E-state index in [9.17, 15) is 10.1 Å². The molecule has 0 atom stereocenters. The predicted molar refractivity (Wildman–Crippen MR) is 51.7 cm³/mol. The number of hydrogen-bond acceptors (Lipinski definition) is 2. The Balaban J connectivity index is 2.88. The van der Waals surface area contributed by atoms with E-state index in [1.807, 2.05) is 12.3 Å². The van der Waals surface area contributed by atoms with Gasteiger partial charge in [0.1, 0.15) is 0 Å². The summed E-state index contributed by atoms with van der Waals surface area (Å²) in [7, 11) is 0. The SMILES string of the molecule is O=[N+]([O-])c1cccc2[nH]c[c]([SnH])c12. The van der Waals surface area contributed by atoms with Crippen LogP contribution in [0.15, 0.2) is 24.4 Å². The van der Waals surface area contributed by atoms with Crippen LogP contribution in [0.1, 0.15) is 0 Å². The molecule has 2 radical (unpaired) electrons. The number of aromatic nitrogens is 1. The number of aromatic amines is 1. The Hall–Kier alpha value is -1.04. The predicted octanol–water partition coefficient (Wildman–Crippen LogP) is 0.602. The minimum atomic E-state index is -0.337. The van der Waals surface area contributed by atoms with Crippen LogP contribution in [0.2, 0.25) is 0 Å². The first-order valence-electron chi connectivity index (χ1n) is 3.70. The number of fused-ring (bicyclic) bond motifs is 1. The molecule has 0 bridgehead atoms. The maximum absolute atomic E-state index is 10.7. The van der Waals surface area contributed by atoms with Crippen LogP contribution < -0.4 is 3.58 Å². The quantitative estimate of drug-likeness (QED) is 0.473. The second-order valence-electron chi connectivity index (χ2n) is 2.70. The zero-order valence-corrected chi connectivity index (χ0v) is 9.95. The molecule has 0 spiro atoms. The second-order valence-corrected chi connectivity index (χ2v) is 4.48. The molecular formula is C8H6N2O2Sn. The zero-order chi connectivity index (χ0) is 9.42. The molecule has 0 aliphatic rings. The zero-order valence-electron chi connectivity index (χ0n) is 6.65. The molecular weight excluding hydrogens is 275 g/mol. The maximum atomic E-state index is 10.7. The van der Waals surface area contributed by atoms with E-state index in [2.05, 4.69) is 4.98 Å². The molecule has 1 aromatic heterocycles. The molecule has 0 saturated heterocycles. The first-order chi connectivity index (χ1) is 6.20. The van der Waals surface area contributed by atoms with Gasteiger partial charge in [0.25, 0.3) is 0 Å². The second kappa shape index (κ2) is 3.02. The average molecular weight is 281 g/mol. The van der Waals surface area contributed by atoms with Crippen molar-refractivity contribution in [2.24, 2.45) is 0 Å². The topological polar surface area (TPSA) is 58.9 Å². The summed E-state index contributed by atoms with van der Waals surface area (Å²) in [5.41, 5.74) is 1.04. The molecule has 5 heteroatoms. The Morgan fingerprint density at radius 3 is 2.92 bits per heavy atom. The first kappa shape index (κ1) is 8.55. The molecule has 2 rings (SSSR count). The molecule has 0 amide bonds. The summed E-state index contributed by atoms with van der Waals surface area (Å²) in [6.45, 7) is 0. The summed E-state index contributed by atoms with van der Waals surface area (Å²) in [6.07, 6.45) is 1.83. The summed E-state index contributed by atoms with van der Waals surface area (Å²) in [4.78, 5) is 13.3. The van der Waals surface area contributed by atoms with Gasteiger partial charge in [0.05, 0.1) is 0 Å². The van der Waals surface area contributed by atoms with Crippen LogP contribution in [-0.4, -0.2) is 32.4 Å². The van der Waals surface area contributed by atoms with Crippen LogP contribution in [0.25, 0.3) is 10.9 Å². The Bertz CT molecular complexity index is 478. The standard InChI is InChI=1S/C8H5N2O2.Sn.H/c11-10(12)8-3-1-2-7-6(8)4-5-9-7;;/h1-3,5,9H;;. The number of nitro benzene ring substituents is 1. The van der Waals surface area contributed by atoms with Crippen LogP contribution in [0.3, 0.4) is 0 Å². The van der Waals surface area contributed by atoms with E-state index in [1.54, 1.807) is 6.07 Å². The third kappa shape index (κ3) is 1.31. The number of nitro groups is 1. The van der Waals surface area contributed by atoms with Gasteiger partial charge in [0.15, 0.2) is 0 Å². The van der Waals surface area contributed by atoms with Crippen molar-refractivity contribution in [3.05, 3.63) is 34.5 Å². The molecule has 13 heavy (non-hydrogen) atoms. The van der Waals surface area contributed by atoms with Gasteiger partial charge in [-0.05, 0) is 0 Å². The molecule has 0 fully saturated rings. The van der Waals surface area contributed by atoms with Crippen molar-refractivity contribution in [1.82, 2.24) is 4.98 Å². The van der Waals surface area contributed by atoms with Crippen LogP contribution in [0.5, 0.6) is 0 Å². The number of nitrogens with zero attached hydrogens (tertiary/aromatic N) is 1. The molecule has 0 aliphatic carbocycles. The Labute approximate surface area is 87.2 Å². The van der Waals surface area contributed by atoms with Gasteiger partial charge in [0.2, 0.25) is 0 Å². The normalized spacial score (nSPS) is 10.5. The number of hydrogen-bond donors (Lipinski definition) is 1. The summed E-state index contributed by atoms with van der Waals surface area (Å²) < 4.78 is 1.03. The van der Waals surface area contributed by atoms with Crippen molar-refractivity contribution in [2.45, 2.75) is 0 Å². The van der Waals surface area contributed by atoms with Crippen molar-refractivity contribution in [3.8, 4) is 0 Å². The van der Waals surface area contributed by atoms with E-state index in [0.717, 1.165) is 37.0 Å². The van der Waals surface area contributed by atoms with Crippen LogP contribution >= 0.6 is 0 Å². The van der Waals surface area contributed by atoms with Crippen LogP contribution in [0, 0.1) is 10.1 Å². The summed E-state index contributed by atoms with van der Waals surface area (Å²) in [5.74, 6) is 0. The molecule has 0 saturated carbocycles. The Morgan fingerprint density at radius 2 is 2.23 bits per heavy atom. The van der Waals surface area contributed by atoms with Crippen LogP contribution in [0.4, 0.5) is 5.69 Å². The molecule has 2 aromatic rings. The fraction of sp³-hybridized carbons (Fsp3) is 0. The van der Waals surface area contributed by atoms with Crippen LogP contribution in [-0.2, 0) is 0 Å². The van der Waals surface area contributed by atoms with E-state index in [4.69, 9.17) is 0 Å². The average Bonchev–Trinajstić information content (AvgIpc) is 2.48. The van der Waals surface area contributed by atoms with Gasteiger partial charge < -0.3 is 0 Å². The summed E-state index contributed by atoms with van der Waals surface area (Å²) in [6, 6.07) is 5.08. The van der Waals surface area contributed by atoms with Crippen molar-refractivity contribution in [2.75, 3.05) is 0 Å². The van der Waals surface area contributed by atoms with Gasteiger partial charge in [0, 0.05) is 0 Å². The minimum absolute atomic E-state index is 0.196. The molecule has 0 unspecified atom stereocenters. The number of nitrogens with one attached hydrogen (secondary N) is 1. The van der Waals surface area contributed by atoms with Crippen molar-refractivity contribution < 1.29 is 4.92 Å². The Morgan fingerprint density at radius 1 is 1.46 bits per heavy atom. The van der Waals surface area contributed by atoms with Gasteiger partial charge in [-0.1, -0.05) is 0 Å². The fourth-order valence-electron chi connectivity index (χ4n) is 1.34. The number of benzene rings is 1. The molecule has 64 valence electrons. The molecule has 1 aromatic carbocycles. The number of H-pyrrole nitrogens is 1. The summed E-state index contributed by atoms with van der Waals surface area (Å²) in [5, 5.41) is 11.4. The molecule has 0 aliphatic heterocycles. The van der Waals surface area contributed by atoms with E-state index in [1.165, 1.54) is 6.07 Å². The van der Waals surface area contributed by atoms with Crippen molar-refractivity contribution in [1.29, 1.82) is 0 Å². The van der Waals surface area contributed by atoms with E-state index in [-0.39, 0.29) is 10.6 Å². The monoisotopic (exact) mass is 282 g/mol. The third-order valence-electron chi connectivity index (χ3n) is 1.91.